The molecule has 1 saturated heterocycles. The lowest BCUT2D eigenvalue weighted by Crippen LogP contribution is -2.17. The molecule has 0 amide bonds. The van der Waals surface area contributed by atoms with E-state index in [1.165, 1.54) is 18.5 Å². The molecule has 5 heteroatoms. The third-order valence-electron chi connectivity index (χ3n) is 4.69. The highest BCUT2D eigenvalue weighted by Crippen LogP contribution is 2.33. The zero-order valence-corrected chi connectivity index (χ0v) is 15.5. The quantitative estimate of drug-likeness (QED) is 0.655. The molecule has 0 aliphatic carbocycles. The van der Waals surface area contributed by atoms with Gasteiger partial charge in [-0.2, -0.15) is 0 Å². The monoisotopic (exact) mass is 385 g/mol. The van der Waals surface area contributed by atoms with Crippen molar-refractivity contribution in [1.29, 1.82) is 0 Å². The van der Waals surface area contributed by atoms with Crippen LogP contribution in [0.15, 0.2) is 41.1 Å². The van der Waals surface area contributed by atoms with Crippen LogP contribution in [0.4, 0.5) is 5.69 Å². The third kappa shape index (κ3) is 2.67. The van der Waals surface area contributed by atoms with Crippen LogP contribution in [-0.2, 0) is 0 Å². The van der Waals surface area contributed by atoms with Crippen LogP contribution in [0.2, 0.25) is 0 Å². The molecule has 3 aromatic rings. The molecule has 4 rings (SSSR count). The molecule has 1 aliphatic rings. The second kappa shape index (κ2) is 6.13. The van der Waals surface area contributed by atoms with Gasteiger partial charge in [0, 0.05) is 42.8 Å². The van der Waals surface area contributed by atoms with Crippen LogP contribution < -0.4 is 9.64 Å². The van der Waals surface area contributed by atoms with E-state index in [4.69, 9.17) is 9.72 Å². The highest BCUT2D eigenvalue weighted by Gasteiger charge is 2.15. The molecule has 1 fully saturated rings. The van der Waals surface area contributed by atoms with Gasteiger partial charge in [0.1, 0.15) is 11.4 Å². The Morgan fingerprint density at radius 1 is 1.17 bits per heavy atom. The van der Waals surface area contributed by atoms with Gasteiger partial charge in [-0.3, -0.25) is 0 Å². The van der Waals surface area contributed by atoms with E-state index < -0.39 is 0 Å². The second-order valence-electron chi connectivity index (χ2n) is 6.27. The number of aromatic nitrogens is 2. The topological polar surface area (TPSA) is 29.8 Å². The van der Waals surface area contributed by atoms with Crippen LogP contribution >= 0.6 is 15.9 Å². The molecule has 124 valence electrons. The van der Waals surface area contributed by atoms with Gasteiger partial charge in [0.2, 0.25) is 0 Å². The Bertz CT molecular complexity index is 897. The Hall–Kier alpha value is -2.01. The first kappa shape index (κ1) is 15.5. The molecule has 0 spiro atoms. The smallest absolute Gasteiger partial charge is 0.139 e. The predicted molar refractivity (Wildman–Crippen MR) is 101 cm³/mol. The number of ether oxygens (including phenoxy) is 1. The molecule has 0 radical (unpaired) electrons. The van der Waals surface area contributed by atoms with Gasteiger partial charge in [-0.05, 0) is 59.5 Å². The third-order valence-corrected chi connectivity index (χ3v) is 5.31. The molecular formula is C19H20BrN3O. The zero-order chi connectivity index (χ0) is 16.7. The van der Waals surface area contributed by atoms with E-state index in [0.29, 0.717) is 0 Å². The Kier molecular flexibility index (Phi) is 3.96. The first-order chi connectivity index (χ1) is 11.7. The standard InChI is InChI=1S/C19H20BrN3O/c1-13-9-18(24-2)16(20)11-15(13)17-12-23-8-5-14(10-19(23)21-17)22-6-3-4-7-22/h5,8-12H,3-4,6-7H2,1-2H3. The molecule has 0 atom stereocenters. The number of halogens is 1. The molecule has 2 aromatic heterocycles. The highest BCUT2D eigenvalue weighted by molar-refractivity contribution is 9.10. The molecular weight excluding hydrogens is 366 g/mol. The maximum Gasteiger partial charge on any atom is 0.139 e. The number of aryl methyl sites for hydroxylation is 1. The number of hydrogen-bond acceptors (Lipinski definition) is 3. The van der Waals surface area contributed by atoms with E-state index in [0.717, 1.165) is 45.8 Å². The van der Waals surface area contributed by atoms with Gasteiger partial charge < -0.3 is 14.0 Å². The van der Waals surface area contributed by atoms with Gasteiger partial charge in [0.05, 0.1) is 17.3 Å². The molecule has 3 heterocycles. The second-order valence-corrected chi connectivity index (χ2v) is 7.13. The van der Waals surface area contributed by atoms with Crippen molar-refractivity contribution in [3.8, 4) is 17.0 Å². The van der Waals surface area contributed by atoms with Crippen LogP contribution in [0.3, 0.4) is 0 Å². The number of fused-ring (bicyclic) bond motifs is 1. The lowest BCUT2D eigenvalue weighted by molar-refractivity contribution is 0.412. The molecule has 1 aromatic carbocycles. The molecule has 4 nitrogen and oxygen atoms in total. The van der Waals surface area contributed by atoms with E-state index in [2.05, 4.69) is 62.7 Å². The summed E-state index contributed by atoms with van der Waals surface area (Å²) >= 11 is 3.57. The van der Waals surface area contributed by atoms with Gasteiger partial charge in [-0.15, -0.1) is 0 Å². The number of imidazole rings is 1. The van der Waals surface area contributed by atoms with Crippen molar-refractivity contribution in [3.05, 3.63) is 46.7 Å². The van der Waals surface area contributed by atoms with E-state index in [1.54, 1.807) is 7.11 Å². The summed E-state index contributed by atoms with van der Waals surface area (Å²) in [5.74, 6) is 0.844. The fraction of sp³-hybridized carbons (Fsp3) is 0.316. The lowest BCUT2D eigenvalue weighted by atomic mass is 10.1. The summed E-state index contributed by atoms with van der Waals surface area (Å²) < 4.78 is 8.40. The largest absolute Gasteiger partial charge is 0.496 e. The van der Waals surface area contributed by atoms with Crippen molar-refractivity contribution in [2.45, 2.75) is 19.8 Å². The van der Waals surface area contributed by atoms with Gasteiger partial charge >= 0.3 is 0 Å². The van der Waals surface area contributed by atoms with Crippen molar-refractivity contribution in [2.75, 3.05) is 25.1 Å². The van der Waals surface area contributed by atoms with Crippen LogP contribution in [0.1, 0.15) is 18.4 Å². The molecule has 0 N–H and O–H groups in total. The van der Waals surface area contributed by atoms with Crippen LogP contribution in [-0.4, -0.2) is 29.6 Å². The molecule has 0 unspecified atom stereocenters. The molecule has 0 bridgehead atoms. The number of pyridine rings is 1. The van der Waals surface area contributed by atoms with Gasteiger partial charge in [0.15, 0.2) is 0 Å². The minimum Gasteiger partial charge on any atom is -0.496 e. The maximum absolute atomic E-state index is 5.37. The number of hydrogen-bond donors (Lipinski definition) is 0. The first-order valence-electron chi connectivity index (χ1n) is 8.24. The average molecular weight is 386 g/mol. The normalized spacial score (nSPS) is 14.5. The molecule has 0 saturated carbocycles. The van der Waals surface area contributed by atoms with E-state index in [-0.39, 0.29) is 0 Å². The number of methoxy groups -OCH3 is 1. The minimum atomic E-state index is 0.844. The van der Waals surface area contributed by atoms with Gasteiger partial charge in [-0.1, -0.05) is 0 Å². The van der Waals surface area contributed by atoms with Crippen LogP contribution in [0.25, 0.3) is 16.9 Å². The summed E-state index contributed by atoms with van der Waals surface area (Å²) in [4.78, 5) is 7.28. The van der Waals surface area contributed by atoms with E-state index in [1.807, 2.05) is 6.07 Å². The van der Waals surface area contributed by atoms with Crippen molar-refractivity contribution in [1.82, 2.24) is 9.38 Å². The SMILES string of the molecule is COc1cc(C)c(-c2cn3ccc(N4CCCC4)cc3n2)cc1Br. The summed E-state index contributed by atoms with van der Waals surface area (Å²) in [6.45, 7) is 4.38. The van der Waals surface area contributed by atoms with Crippen molar-refractivity contribution >= 4 is 27.3 Å². The highest BCUT2D eigenvalue weighted by atomic mass is 79.9. The Labute approximate surface area is 150 Å². The summed E-state index contributed by atoms with van der Waals surface area (Å²) in [6.07, 6.45) is 6.76. The van der Waals surface area contributed by atoms with Crippen LogP contribution in [0.5, 0.6) is 5.75 Å². The Morgan fingerprint density at radius 3 is 2.71 bits per heavy atom. The summed E-state index contributed by atoms with van der Waals surface area (Å²) in [6, 6.07) is 8.49. The lowest BCUT2D eigenvalue weighted by Gasteiger charge is -2.17. The van der Waals surface area contributed by atoms with Crippen LogP contribution in [0, 0.1) is 6.92 Å². The van der Waals surface area contributed by atoms with Crippen molar-refractivity contribution in [2.24, 2.45) is 0 Å². The maximum atomic E-state index is 5.37. The predicted octanol–water partition coefficient (Wildman–Crippen LogP) is 4.68. The summed E-state index contributed by atoms with van der Waals surface area (Å²) in [7, 11) is 1.68. The summed E-state index contributed by atoms with van der Waals surface area (Å²) in [5, 5.41) is 0. The summed E-state index contributed by atoms with van der Waals surface area (Å²) in [5.41, 5.74) is 5.51. The first-order valence-corrected chi connectivity index (χ1v) is 9.03. The number of nitrogens with zero attached hydrogens (tertiary/aromatic N) is 3. The fourth-order valence-corrected chi connectivity index (χ4v) is 3.87. The average Bonchev–Trinajstić information content (AvgIpc) is 3.24. The minimum absolute atomic E-state index is 0.844. The number of anilines is 1. The Morgan fingerprint density at radius 2 is 1.96 bits per heavy atom. The fourth-order valence-electron chi connectivity index (χ4n) is 3.36. The van der Waals surface area contributed by atoms with Gasteiger partial charge in [0.25, 0.3) is 0 Å². The molecule has 24 heavy (non-hydrogen) atoms. The van der Waals surface area contributed by atoms with Crippen molar-refractivity contribution in [3.63, 3.8) is 0 Å². The number of rotatable bonds is 3. The Balaban J connectivity index is 1.76. The van der Waals surface area contributed by atoms with Crippen molar-refractivity contribution < 1.29 is 4.74 Å². The van der Waals surface area contributed by atoms with Gasteiger partial charge in [-0.25, -0.2) is 4.98 Å². The van der Waals surface area contributed by atoms with E-state index in [9.17, 15) is 0 Å². The zero-order valence-electron chi connectivity index (χ0n) is 13.9. The molecule has 1 aliphatic heterocycles. The van der Waals surface area contributed by atoms with E-state index >= 15 is 0 Å². The number of benzene rings is 1.